The second-order valence-electron chi connectivity index (χ2n) is 6.54. The summed E-state index contributed by atoms with van der Waals surface area (Å²) in [4.78, 5) is 0. The second kappa shape index (κ2) is 6.42. The predicted octanol–water partition coefficient (Wildman–Crippen LogP) is 6.18. The molecule has 116 valence electrons. The van der Waals surface area contributed by atoms with E-state index in [9.17, 15) is 0 Å². The number of aryl methyl sites for hydroxylation is 2. The molecule has 3 rings (SSSR count). The van der Waals surface area contributed by atoms with Crippen LogP contribution in [0.1, 0.15) is 33.4 Å². The number of hydrogen-bond acceptors (Lipinski definition) is 0. The lowest BCUT2D eigenvalue weighted by molar-refractivity contribution is 1.19. The molecule has 0 N–H and O–H groups in total. The summed E-state index contributed by atoms with van der Waals surface area (Å²) in [6, 6.07) is 22.3. The van der Waals surface area contributed by atoms with E-state index in [1.54, 1.807) is 0 Å². The minimum absolute atomic E-state index is 0.993. The van der Waals surface area contributed by atoms with Crippen molar-refractivity contribution in [1.82, 2.24) is 0 Å². The smallest absolute Gasteiger partial charge is 0.00258 e. The van der Waals surface area contributed by atoms with E-state index in [0.29, 0.717) is 0 Å². The highest BCUT2D eigenvalue weighted by molar-refractivity contribution is 5.69. The summed E-state index contributed by atoms with van der Waals surface area (Å²) in [5.74, 6) is 0. The molecule has 0 saturated carbocycles. The van der Waals surface area contributed by atoms with Gasteiger partial charge < -0.3 is 0 Å². The lowest BCUT2D eigenvalue weighted by Gasteiger charge is -2.12. The normalized spacial score (nSPS) is 10.8. The Morgan fingerprint density at radius 2 is 1.13 bits per heavy atom. The molecule has 0 spiro atoms. The van der Waals surface area contributed by atoms with Gasteiger partial charge in [0, 0.05) is 0 Å². The van der Waals surface area contributed by atoms with Gasteiger partial charge in [0.1, 0.15) is 0 Å². The first kappa shape index (κ1) is 15.6. The molecular weight excluding hydrogens is 276 g/mol. The van der Waals surface area contributed by atoms with Gasteiger partial charge in [-0.1, -0.05) is 66.2 Å². The maximum atomic E-state index is 2.25. The molecule has 0 amide bonds. The van der Waals surface area contributed by atoms with Crippen molar-refractivity contribution >= 4 is 0 Å². The van der Waals surface area contributed by atoms with Gasteiger partial charge in [0.15, 0.2) is 0 Å². The van der Waals surface area contributed by atoms with Crippen LogP contribution < -0.4 is 0 Å². The summed E-state index contributed by atoms with van der Waals surface area (Å²) in [5.41, 5.74) is 10.8. The van der Waals surface area contributed by atoms with E-state index in [1.807, 2.05) is 0 Å². The zero-order valence-electron chi connectivity index (χ0n) is 14.5. The van der Waals surface area contributed by atoms with Crippen LogP contribution in [0.2, 0.25) is 0 Å². The molecule has 0 aromatic heterocycles. The van der Waals surface area contributed by atoms with Crippen LogP contribution in [0.3, 0.4) is 0 Å². The van der Waals surface area contributed by atoms with Crippen molar-refractivity contribution in [3.63, 3.8) is 0 Å². The van der Waals surface area contributed by atoms with Crippen LogP contribution >= 0.6 is 0 Å². The molecule has 0 unspecified atom stereocenters. The molecule has 0 aliphatic rings. The van der Waals surface area contributed by atoms with Gasteiger partial charge in [-0.3, -0.25) is 0 Å². The van der Waals surface area contributed by atoms with Crippen LogP contribution in [0.15, 0.2) is 60.7 Å². The van der Waals surface area contributed by atoms with Gasteiger partial charge in [0.05, 0.1) is 0 Å². The Morgan fingerprint density at radius 1 is 0.565 bits per heavy atom. The monoisotopic (exact) mass is 300 g/mol. The van der Waals surface area contributed by atoms with Crippen molar-refractivity contribution in [3.05, 3.63) is 94.0 Å². The molecule has 23 heavy (non-hydrogen) atoms. The standard InChI is InChI=1S/C23H24/c1-16-5-8-20(9-6-16)15-21-10-12-22(13-11-21)23-14-7-17(2)18(3)19(23)4/h5-14H,15H2,1-4H3. The van der Waals surface area contributed by atoms with Gasteiger partial charge in [0.2, 0.25) is 0 Å². The third kappa shape index (κ3) is 3.37. The van der Waals surface area contributed by atoms with Gasteiger partial charge in [-0.15, -0.1) is 0 Å². The molecule has 0 nitrogen and oxygen atoms in total. The minimum atomic E-state index is 0.993. The average Bonchev–Trinajstić information content (AvgIpc) is 2.56. The van der Waals surface area contributed by atoms with Gasteiger partial charge in [0.25, 0.3) is 0 Å². The van der Waals surface area contributed by atoms with E-state index in [2.05, 4.69) is 88.4 Å². The molecule has 0 saturated heterocycles. The topological polar surface area (TPSA) is 0 Å². The quantitative estimate of drug-likeness (QED) is 0.542. The Labute approximate surface area is 139 Å². The SMILES string of the molecule is Cc1ccc(Cc2ccc(-c3ccc(C)c(C)c3C)cc2)cc1. The van der Waals surface area contributed by atoms with E-state index in [0.717, 1.165) is 6.42 Å². The Balaban J connectivity index is 1.85. The van der Waals surface area contributed by atoms with Crippen LogP contribution in [-0.2, 0) is 6.42 Å². The van der Waals surface area contributed by atoms with Gasteiger partial charge in [-0.05, 0) is 73.1 Å². The summed E-state index contributed by atoms with van der Waals surface area (Å²) < 4.78 is 0. The molecule has 0 atom stereocenters. The predicted molar refractivity (Wildman–Crippen MR) is 100 cm³/mol. The first-order chi connectivity index (χ1) is 11.0. The summed E-state index contributed by atoms with van der Waals surface area (Å²) in [5, 5.41) is 0. The lowest BCUT2D eigenvalue weighted by atomic mass is 9.93. The summed E-state index contributed by atoms with van der Waals surface area (Å²) in [6.07, 6.45) is 0.993. The molecule has 0 aliphatic heterocycles. The average molecular weight is 300 g/mol. The fourth-order valence-electron chi connectivity index (χ4n) is 3.01. The first-order valence-corrected chi connectivity index (χ1v) is 8.26. The molecule has 0 aliphatic carbocycles. The first-order valence-electron chi connectivity index (χ1n) is 8.26. The third-order valence-electron chi connectivity index (χ3n) is 4.85. The van der Waals surface area contributed by atoms with Crippen molar-refractivity contribution < 1.29 is 0 Å². The molecular formula is C23H24. The van der Waals surface area contributed by atoms with E-state index in [4.69, 9.17) is 0 Å². The van der Waals surface area contributed by atoms with Crippen LogP contribution in [0.25, 0.3) is 11.1 Å². The van der Waals surface area contributed by atoms with Crippen molar-refractivity contribution in [3.8, 4) is 11.1 Å². The highest BCUT2D eigenvalue weighted by Crippen LogP contribution is 2.28. The highest BCUT2D eigenvalue weighted by atomic mass is 14.1. The number of hydrogen-bond donors (Lipinski definition) is 0. The van der Waals surface area contributed by atoms with Crippen LogP contribution in [0.5, 0.6) is 0 Å². The van der Waals surface area contributed by atoms with Gasteiger partial charge in [-0.2, -0.15) is 0 Å². The van der Waals surface area contributed by atoms with E-state index >= 15 is 0 Å². The van der Waals surface area contributed by atoms with E-state index in [-0.39, 0.29) is 0 Å². The summed E-state index contributed by atoms with van der Waals surface area (Å²) in [7, 11) is 0. The van der Waals surface area contributed by atoms with E-state index in [1.165, 1.54) is 44.5 Å². The van der Waals surface area contributed by atoms with Crippen molar-refractivity contribution in [2.45, 2.75) is 34.1 Å². The fraction of sp³-hybridized carbons (Fsp3) is 0.217. The summed E-state index contributed by atoms with van der Waals surface area (Å²) >= 11 is 0. The molecule has 0 bridgehead atoms. The lowest BCUT2D eigenvalue weighted by Crippen LogP contribution is -1.92. The Kier molecular flexibility index (Phi) is 4.34. The molecule has 0 radical (unpaired) electrons. The number of rotatable bonds is 3. The van der Waals surface area contributed by atoms with E-state index < -0.39 is 0 Å². The fourth-order valence-corrected chi connectivity index (χ4v) is 3.01. The van der Waals surface area contributed by atoms with Gasteiger partial charge in [-0.25, -0.2) is 0 Å². The molecule has 0 heterocycles. The Hall–Kier alpha value is -2.34. The minimum Gasteiger partial charge on any atom is -0.0590 e. The van der Waals surface area contributed by atoms with Crippen molar-refractivity contribution in [2.24, 2.45) is 0 Å². The van der Waals surface area contributed by atoms with Gasteiger partial charge >= 0.3 is 0 Å². The van der Waals surface area contributed by atoms with Crippen molar-refractivity contribution in [1.29, 1.82) is 0 Å². The zero-order chi connectivity index (χ0) is 16.4. The van der Waals surface area contributed by atoms with Crippen LogP contribution in [0, 0.1) is 27.7 Å². The maximum absolute atomic E-state index is 2.25. The molecule has 0 heteroatoms. The Bertz CT molecular complexity index is 806. The highest BCUT2D eigenvalue weighted by Gasteiger charge is 2.06. The molecule has 3 aromatic rings. The third-order valence-corrected chi connectivity index (χ3v) is 4.85. The van der Waals surface area contributed by atoms with Crippen LogP contribution in [-0.4, -0.2) is 0 Å². The van der Waals surface area contributed by atoms with Crippen LogP contribution in [0.4, 0.5) is 0 Å². The largest absolute Gasteiger partial charge is 0.0590 e. The number of benzene rings is 3. The molecule has 0 fully saturated rings. The zero-order valence-corrected chi connectivity index (χ0v) is 14.5. The second-order valence-corrected chi connectivity index (χ2v) is 6.54. The summed E-state index contributed by atoms with van der Waals surface area (Å²) in [6.45, 7) is 8.74. The Morgan fingerprint density at radius 3 is 1.74 bits per heavy atom. The maximum Gasteiger partial charge on any atom is -0.00258 e. The van der Waals surface area contributed by atoms with Crippen molar-refractivity contribution in [2.75, 3.05) is 0 Å². The molecule has 3 aromatic carbocycles.